The van der Waals surface area contributed by atoms with Crippen LogP contribution in [0.4, 0.5) is 5.69 Å². The number of nitro groups is 1. The van der Waals surface area contributed by atoms with E-state index in [0.29, 0.717) is 6.67 Å². The van der Waals surface area contributed by atoms with Gasteiger partial charge < -0.3 is 0 Å². The van der Waals surface area contributed by atoms with Gasteiger partial charge in [-0.05, 0) is 31.0 Å². The van der Waals surface area contributed by atoms with Crippen LogP contribution in [-0.2, 0) is 6.67 Å². The first-order valence-electron chi connectivity index (χ1n) is 9.38. The number of non-ortho nitro benzene ring substituents is 1. The predicted octanol–water partition coefficient (Wildman–Crippen LogP) is 4.74. The average molecular weight is 393 g/mol. The van der Waals surface area contributed by atoms with Crippen LogP contribution in [0.3, 0.4) is 0 Å². The van der Waals surface area contributed by atoms with Crippen molar-refractivity contribution in [3.63, 3.8) is 0 Å². The number of aromatic nitrogens is 3. The Morgan fingerprint density at radius 1 is 1.21 bits per heavy atom. The van der Waals surface area contributed by atoms with Crippen molar-refractivity contribution < 1.29 is 4.92 Å². The van der Waals surface area contributed by atoms with Crippen LogP contribution in [0.15, 0.2) is 48.7 Å². The van der Waals surface area contributed by atoms with E-state index in [0.717, 1.165) is 40.8 Å². The smallest absolute Gasteiger partial charge is 0.271 e. The number of benzene rings is 2. The molecule has 1 aliphatic heterocycles. The van der Waals surface area contributed by atoms with Crippen molar-refractivity contribution in [1.82, 2.24) is 19.7 Å². The fourth-order valence-corrected chi connectivity index (χ4v) is 5.07. The van der Waals surface area contributed by atoms with Gasteiger partial charge in [0, 0.05) is 24.1 Å². The van der Waals surface area contributed by atoms with Gasteiger partial charge >= 0.3 is 0 Å². The molecule has 142 valence electrons. The summed E-state index contributed by atoms with van der Waals surface area (Å²) in [4.78, 5) is 18.1. The Balaban J connectivity index is 1.48. The van der Waals surface area contributed by atoms with Crippen LogP contribution < -0.4 is 0 Å². The Kier molecular flexibility index (Phi) is 4.29. The van der Waals surface area contributed by atoms with E-state index in [-0.39, 0.29) is 16.7 Å². The average Bonchev–Trinajstić information content (AvgIpc) is 3.32. The SMILES string of the molecule is O=[N+]([O-])c1ccc2cnn(CN3CCCC[C@H]3c3nc4ccccc4s3)c2c1. The Bertz CT molecular complexity index is 1130. The molecule has 0 unspecified atom stereocenters. The Hall–Kier alpha value is -2.84. The third-order valence-corrected chi connectivity index (χ3v) is 6.50. The second-order valence-electron chi connectivity index (χ2n) is 7.13. The van der Waals surface area contributed by atoms with Gasteiger partial charge in [0.1, 0.15) is 5.01 Å². The minimum absolute atomic E-state index is 0.0932. The summed E-state index contributed by atoms with van der Waals surface area (Å²) in [5, 5.41) is 17.7. The molecule has 1 atom stereocenters. The van der Waals surface area contributed by atoms with Crippen molar-refractivity contribution >= 4 is 38.1 Å². The lowest BCUT2D eigenvalue weighted by Gasteiger charge is -2.34. The highest BCUT2D eigenvalue weighted by molar-refractivity contribution is 7.18. The molecule has 2 aromatic carbocycles. The highest BCUT2D eigenvalue weighted by Crippen LogP contribution is 2.36. The van der Waals surface area contributed by atoms with Gasteiger partial charge in [0.15, 0.2) is 0 Å². The summed E-state index contributed by atoms with van der Waals surface area (Å²) in [6.07, 6.45) is 5.16. The molecule has 0 radical (unpaired) electrons. The molecule has 0 bridgehead atoms. The van der Waals surface area contributed by atoms with Gasteiger partial charge in [0.05, 0.1) is 39.6 Å². The van der Waals surface area contributed by atoms with Gasteiger partial charge in [-0.15, -0.1) is 11.3 Å². The van der Waals surface area contributed by atoms with E-state index in [1.807, 2.05) is 16.8 Å². The second-order valence-corrected chi connectivity index (χ2v) is 8.19. The summed E-state index contributed by atoms with van der Waals surface area (Å²) in [5.74, 6) is 0. The van der Waals surface area contributed by atoms with E-state index < -0.39 is 0 Å². The molecule has 1 aliphatic rings. The lowest BCUT2D eigenvalue weighted by molar-refractivity contribution is -0.384. The summed E-state index contributed by atoms with van der Waals surface area (Å²) in [6.45, 7) is 1.57. The number of nitrogens with zero attached hydrogens (tertiary/aromatic N) is 5. The number of fused-ring (bicyclic) bond motifs is 2. The first-order chi connectivity index (χ1) is 13.7. The normalized spacial score (nSPS) is 18.1. The molecule has 0 amide bonds. The molecule has 28 heavy (non-hydrogen) atoms. The number of likely N-dealkylation sites (tertiary alicyclic amines) is 1. The molecule has 0 aliphatic carbocycles. The van der Waals surface area contributed by atoms with Crippen LogP contribution in [0.5, 0.6) is 0 Å². The number of thiazole rings is 1. The van der Waals surface area contributed by atoms with E-state index in [2.05, 4.69) is 22.1 Å². The zero-order valence-electron chi connectivity index (χ0n) is 15.2. The fraction of sp³-hybridized carbons (Fsp3) is 0.300. The minimum atomic E-state index is -0.360. The predicted molar refractivity (Wildman–Crippen MR) is 109 cm³/mol. The molecule has 0 N–H and O–H groups in total. The van der Waals surface area contributed by atoms with Crippen LogP contribution in [-0.4, -0.2) is 31.1 Å². The number of nitro benzene ring substituents is 1. The van der Waals surface area contributed by atoms with Crippen molar-refractivity contribution in [2.24, 2.45) is 0 Å². The van der Waals surface area contributed by atoms with Gasteiger partial charge in [0.25, 0.3) is 5.69 Å². The summed E-state index contributed by atoms with van der Waals surface area (Å²) in [6, 6.07) is 13.4. The Morgan fingerprint density at radius 3 is 2.96 bits per heavy atom. The molecule has 1 fully saturated rings. The maximum Gasteiger partial charge on any atom is 0.271 e. The van der Waals surface area contributed by atoms with E-state index in [1.54, 1.807) is 29.7 Å². The number of hydrogen-bond acceptors (Lipinski definition) is 6. The van der Waals surface area contributed by atoms with Gasteiger partial charge in [0.2, 0.25) is 0 Å². The van der Waals surface area contributed by atoms with Crippen molar-refractivity contribution in [3.05, 3.63) is 63.8 Å². The summed E-state index contributed by atoms with van der Waals surface area (Å²) in [7, 11) is 0. The molecule has 5 rings (SSSR count). The van der Waals surface area contributed by atoms with Crippen LogP contribution in [0.1, 0.15) is 30.3 Å². The molecule has 8 heteroatoms. The first kappa shape index (κ1) is 17.3. The number of hydrogen-bond donors (Lipinski definition) is 0. The van der Waals surface area contributed by atoms with E-state index in [9.17, 15) is 10.1 Å². The van der Waals surface area contributed by atoms with Crippen molar-refractivity contribution in [3.8, 4) is 0 Å². The van der Waals surface area contributed by atoms with E-state index >= 15 is 0 Å². The van der Waals surface area contributed by atoms with Crippen LogP contribution in [0.2, 0.25) is 0 Å². The van der Waals surface area contributed by atoms with Crippen LogP contribution in [0.25, 0.3) is 21.1 Å². The number of rotatable bonds is 4. The third-order valence-electron chi connectivity index (χ3n) is 5.36. The minimum Gasteiger partial charge on any atom is -0.275 e. The molecule has 3 heterocycles. The zero-order chi connectivity index (χ0) is 19.1. The largest absolute Gasteiger partial charge is 0.275 e. The molecular formula is C20H19N5O2S. The first-order valence-corrected chi connectivity index (χ1v) is 10.2. The fourth-order valence-electron chi connectivity index (χ4n) is 3.93. The van der Waals surface area contributed by atoms with Gasteiger partial charge in [-0.1, -0.05) is 18.6 Å². The maximum absolute atomic E-state index is 11.1. The summed E-state index contributed by atoms with van der Waals surface area (Å²) >= 11 is 1.76. The second kappa shape index (κ2) is 6.96. The van der Waals surface area contributed by atoms with Gasteiger partial charge in [-0.25, -0.2) is 4.98 Å². The topological polar surface area (TPSA) is 77.1 Å². The molecule has 4 aromatic rings. The molecule has 0 saturated carbocycles. The quantitative estimate of drug-likeness (QED) is 0.370. The monoisotopic (exact) mass is 393 g/mol. The highest BCUT2D eigenvalue weighted by Gasteiger charge is 2.27. The van der Waals surface area contributed by atoms with E-state index in [4.69, 9.17) is 4.98 Å². The number of para-hydroxylation sites is 1. The zero-order valence-corrected chi connectivity index (χ0v) is 16.0. The van der Waals surface area contributed by atoms with Gasteiger partial charge in [-0.2, -0.15) is 5.10 Å². The lowest BCUT2D eigenvalue weighted by Crippen LogP contribution is -2.35. The summed E-state index contributed by atoms with van der Waals surface area (Å²) in [5.41, 5.74) is 1.94. The Morgan fingerprint density at radius 2 is 2.11 bits per heavy atom. The number of piperidine rings is 1. The van der Waals surface area contributed by atoms with Crippen molar-refractivity contribution in [1.29, 1.82) is 0 Å². The molecular weight excluding hydrogens is 374 g/mol. The van der Waals surface area contributed by atoms with Gasteiger partial charge in [-0.3, -0.25) is 19.7 Å². The van der Waals surface area contributed by atoms with Crippen molar-refractivity contribution in [2.45, 2.75) is 32.0 Å². The standard InChI is InChI=1S/C20H19N5O2S/c26-25(27)15-9-8-14-12-21-24(18(14)11-15)13-23-10-4-3-6-17(23)20-22-16-5-1-2-7-19(16)28-20/h1-2,5,7-9,11-12,17H,3-4,6,10,13H2/t17-/m0/s1. The van der Waals surface area contributed by atoms with Crippen LogP contribution >= 0.6 is 11.3 Å². The Labute approximate surface area is 165 Å². The molecule has 7 nitrogen and oxygen atoms in total. The highest BCUT2D eigenvalue weighted by atomic mass is 32.1. The molecule has 2 aromatic heterocycles. The molecule has 1 saturated heterocycles. The van der Waals surface area contributed by atoms with E-state index in [1.165, 1.54) is 17.2 Å². The summed E-state index contributed by atoms with van der Waals surface area (Å²) < 4.78 is 3.08. The maximum atomic E-state index is 11.1. The molecule has 0 spiro atoms. The van der Waals surface area contributed by atoms with Crippen LogP contribution in [0, 0.1) is 10.1 Å². The lowest BCUT2D eigenvalue weighted by atomic mass is 10.0. The van der Waals surface area contributed by atoms with Crippen molar-refractivity contribution in [2.75, 3.05) is 6.54 Å². The third kappa shape index (κ3) is 3.04.